The van der Waals surface area contributed by atoms with Gasteiger partial charge in [-0.2, -0.15) is 0 Å². The van der Waals surface area contributed by atoms with Crippen molar-refractivity contribution in [1.29, 1.82) is 0 Å². The number of rotatable bonds is 2. The van der Waals surface area contributed by atoms with Crippen LogP contribution in [-0.4, -0.2) is 62.1 Å². The SMILES string of the molecule is COC(=O)CC1CN(C)CCC(C)N1C. The summed E-state index contributed by atoms with van der Waals surface area (Å²) in [6, 6.07) is 0.810. The molecule has 4 nitrogen and oxygen atoms in total. The van der Waals surface area contributed by atoms with Crippen molar-refractivity contribution in [2.75, 3.05) is 34.3 Å². The topological polar surface area (TPSA) is 32.8 Å². The summed E-state index contributed by atoms with van der Waals surface area (Å²) in [4.78, 5) is 15.9. The van der Waals surface area contributed by atoms with Crippen LogP contribution in [0.2, 0.25) is 0 Å². The third-order valence-corrected chi connectivity index (χ3v) is 3.35. The van der Waals surface area contributed by atoms with Crippen molar-refractivity contribution in [1.82, 2.24) is 9.80 Å². The second kappa shape index (κ2) is 5.47. The van der Waals surface area contributed by atoms with Crippen LogP contribution in [0.3, 0.4) is 0 Å². The summed E-state index contributed by atoms with van der Waals surface area (Å²) in [5.74, 6) is -0.116. The molecule has 15 heavy (non-hydrogen) atoms. The van der Waals surface area contributed by atoms with Gasteiger partial charge < -0.3 is 9.64 Å². The van der Waals surface area contributed by atoms with Crippen molar-refractivity contribution in [2.24, 2.45) is 0 Å². The van der Waals surface area contributed by atoms with Crippen LogP contribution in [0.5, 0.6) is 0 Å². The molecule has 1 aliphatic heterocycles. The molecule has 2 atom stereocenters. The van der Waals surface area contributed by atoms with Crippen LogP contribution >= 0.6 is 0 Å². The summed E-state index contributed by atoms with van der Waals surface area (Å²) < 4.78 is 4.73. The van der Waals surface area contributed by atoms with Gasteiger partial charge in [-0.15, -0.1) is 0 Å². The molecule has 0 spiro atoms. The zero-order valence-corrected chi connectivity index (χ0v) is 10.2. The summed E-state index contributed by atoms with van der Waals surface area (Å²) in [5, 5.41) is 0. The Balaban J connectivity index is 2.61. The van der Waals surface area contributed by atoms with Gasteiger partial charge in [0.15, 0.2) is 0 Å². The second-order valence-corrected chi connectivity index (χ2v) is 4.50. The number of carbonyl (C=O) groups excluding carboxylic acids is 1. The molecule has 1 aliphatic rings. The number of nitrogens with zero attached hydrogens (tertiary/aromatic N) is 2. The van der Waals surface area contributed by atoms with E-state index in [-0.39, 0.29) is 12.0 Å². The first-order valence-electron chi connectivity index (χ1n) is 5.52. The first-order valence-corrected chi connectivity index (χ1v) is 5.52. The van der Waals surface area contributed by atoms with Gasteiger partial charge in [-0.1, -0.05) is 0 Å². The molecule has 0 aromatic heterocycles. The van der Waals surface area contributed by atoms with Gasteiger partial charge >= 0.3 is 5.97 Å². The van der Waals surface area contributed by atoms with Crippen LogP contribution in [0.25, 0.3) is 0 Å². The number of ether oxygens (including phenoxy) is 1. The molecule has 0 saturated carbocycles. The zero-order valence-electron chi connectivity index (χ0n) is 10.2. The molecule has 0 radical (unpaired) electrons. The van der Waals surface area contributed by atoms with Crippen LogP contribution < -0.4 is 0 Å². The van der Waals surface area contributed by atoms with Crippen LogP contribution in [-0.2, 0) is 9.53 Å². The molecule has 88 valence electrons. The highest BCUT2D eigenvalue weighted by atomic mass is 16.5. The first kappa shape index (κ1) is 12.5. The summed E-state index contributed by atoms with van der Waals surface area (Å²) in [5.41, 5.74) is 0. The van der Waals surface area contributed by atoms with E-state index in [0.29, 0.717) is 12.5 Å². The highest BCUT2D eigenvalue weighted by molar-refractivity contribution is 5.69. The monoisotopic (exact) mass is 214 g/mol. The van der Waals surface area contributed by atoms with Gasteiger partial charge in [0.1, 0.15) is 0 Å². The van der Waals surface area contributed by atoms with E-state index < -0.39 is 0 Å². The molecule has 2 unspecified atom stereocenters. The van der Waals surface area contributed by atoms with Crippen molar-refractivity contribution >= 4 is 5.97 Å². The molecule has 1 saturated heterocycles. The third-order valence-electron chi connectivity index (χ3n) is 3.35. The summed E-state index contributed by atoms with van der Waals surface area (Å²) in [7, 11) is 5.65. The van der Waals surface area contributed by atoms with Crippen molar-refractivity contribution < 1.29 is 9.53 Å². The molecular weight excluding hydrogens is 192 g/mol. The van der Waals surface area contributed by atoms with Crippen molar-refractivity contribution in [3.05, 3.63) is 0 Å². The highest BCUT2D eigenvalue weighted by Crippen LogP contribution is 2.15. The molecule has 1 rings (SSSR count). The Labute approximate surface area is 92.2 Å². The maximum absolute atomic E-state index is 11.3. The fourth-order valence-corrected chi connectivity index (χ4v) is 2.03. The number of hydrogen-bond donors (Lipinski definition) is 0. The molecule has 1 heterocycles. The number of carbonyl (C=O) groups is 1. The lowest BCUT2D eigenvalue weighted by molar-refractivity contribution is -0.142. The molecule has 0 N–H and O–H groups in total. The Morgan fingerprint density at radius 3 is 2.73 bits per heavy atom. The van der Waals surface area contributed by atoms with E-state index in [2.05, 4.69) is 30.8 Å². The molecule has 0 aromatic carbocycles. The van der Waals surface area contributed by atoms with Crippen LogP contribution in [0.4, 0.5) is 0 Å². The zero-order chi connectivity index (χ0) is 11.4. The van der Waals surface area contributed by atoms with Crippen LogP contribution in [0.1, 0.15) is 19.8 Å². The Morgan fingerprint density at radius 2 is 2.13 bits per heavy atom. The minimum Gasteiger partial charge on any atom is -0.469 e. The molecule has 0 aromatic rings. The lowest BCUT2D eigenvalue weighted by Gasteiger charge is -2.30. The van der Waals surface area contributed by atoms with Crippen molar-refractivity contribution in [2.45, 2.75) is 31.8 Å². The van der Waals surface area contributed by atoms with Gasteiger partial charge in [0.2, 0.25) is 0 Å². The van der Waals surface area contributed by atoms with E-state index in [1.165, 1.54) is 7.11 Å². The van der Waals surface area contributed by atoms with E-state index in [9.17, 15) is 4.79 Å². The van der Waals surface area contributed by atoms with Gasteiger partial charge in [-0.05, 0) is 34.0 Å². The Bertz CT molecular complexity index is 221. The van der Waals surface area contributed by atoms with E-state index >= 15 is 0 Å². The lowest BCUT2D eigenvalue weighted by atomic mass is 10.1. The molecule has 0 aliphatic carbocycles. The lowest BCUT2D eigenvalue weighted by Crippen LogP contribution is -2.42. The number of hydrogen-bond acceptors (Lipinski definition) is 4. The standard InChI is InChI=1S/C11H22N2O2/c1-9-5-6-12(2)8-10(13(9)3)7-11(14)15-4/h9-10H,5-8H2,1-4H3. The van der Waals surface area contributed by atoms with E-state index in [1.54, 1.807) is 0 Å². The van der Waals surface area contributed by atoms with E-state index in [0.717, 1.165) is 19.5 Å². The first-order chi connectivity index (χ1) is 7.04. The predicted octanol–water partition coefficient (Wildman–Crippen LogP) is 0.574. The van der Waals surface area contributed by atoms with Gasteiger partial charge in [0, 0.05) is 18.6 Å². The summed E-state index contributed by atoms with van der Waals surface area (Å²) in [6.45, 7) is 4.25. The van der Waals surface area contributed by atoms with E-state index in [4.69, 9.17) is 4.74 Å². The predicted molar refractivity (Wildman–Crippen MR) is 59.8 cm³/mol. The molecule has 4 heteroatoms. The van der Waals surface area contributed by atoms with Crippen LogP contribution in [0.15, 0.2) is 0 Å². The fourth-order valence-electron chi connectivity index (χ4n) is 2.03. The number of likely N-dealkylation sites (N-methyl/N-ethyl adjacent to an activating group) is 2. The van der Waals surface area contributed by atoms with Gasteiger partial charge in [-0.3, -0.25) is 9.69 Å². The van der Waals surface area contributed by atoms with Crippen molar-refractivity contribution in [3.63, 3.8) is 0 Å². The minimum absolute atomic E-state index is 0.116. The summed E-state index contributed by atoms with van der Waals surface area (Å²) in [6.07, 6.45) is 1.65. The average molecular weight is 214 g/mol. The third kappa shape index (κ3) is 3.47. The fraction of sp³-hybridized carbons (Fsp3) is 0.909. The Hall–Kier alpha value is -0.610. The summed E-state index contributed by atoms with van der Waals surface area (Å²) >= 11 is 0. The molecule has 0 bridgehead atoms. The van der Waals surface area contributed by atoms with Gasteiger partial charge in [-0.25, -0.2) is 0 Å². The minimum atomic E-state index is -0.116. The maximum atomic E-state index is 11.3. The second-order valence-electron chi connectivity index (χ2n) is 4.50. The Kier molecular flexibility index (Phi) is 4.54. The Morgan fingerprint density at radius 1 is 1.47 bits per heavy atom. The smallest absolute Gasteiger partial charge is 0.307 e. The quantitative estimate of drug-likeness (QED) is 0.629. The highest BCUT2D eigenvalue weighted by Gasteiger charge is 2.27. The van der Waals surface area contributed by atoms with Gasteiger partial charge in [0.05, 0.1) is 13.5 Å². The van der Waals surface area contributed by atoms with E-state index in [1.807, 2.05) is 0 Å². The van der Waals surface area contributed by atoms with Crippen LogP contribution in [0, 0.1) is 0 Å². The molecule has 0 amide bonds. The number of esters is 1. The maximum Gasteiger partial charge on any atom is 0.307 e. The van der Waals surface area contributed by atoms with Crippen molar-refractivity contribution in [3.8, 4) is 0 Å². The largest absolute Gasteiger partial charge is 0.469 e. The average Bonchev–Trinajstić information content (AvgIpc) is 2.33. The normalized spacial score (nSPS) is 29.9. The molecule has 1 fully saturated rings. The van der Waals surface area contributed by atoms with Gasteiger partial charge in [0.25, 0.3) is 0 Å². The number of methoxy groups -OCH3 is 1. The molecular formula is C11H22N2O2.